The third-order valence-corrected chi connectivity index (χ3v) is 6.66. The number of hydrogen-bond acceptors (Lipinski definition) is 4. The van der Waals surface area contributed by atoms with Gasteiger partial charge in [0.2, 0.25) is 5.58 Å². The van der Waals surface area contributed by atoms with Gasteiger partial charge in [-0.3, -0.25) is 0 Å². The highest BCUT2D eigenvalue weighted by atomic mass is 16.4. The first-order chi connectivity index (χ1) is 16.3. The number of benzene rings is 2. The summed E-state index contributed by atoms with van der Waals surface area (Å²) in [4.78, 5) is 0. The molecule has 2 aromatic carbocycles. The van der Waals surface area contributed by atoms with Gasteiger partial charge < -0.3 is 13.3 Å². The molecule has 0 amide bonds. The van der Waals surface area contributed by atoms with Gasteiger partial charge in [-0.05, 0) is 28.1 Å². The Morgan fingerprint density at radius 2 is 1.57 bits per heavy atom. The van der Waals surface area contributed by atoms with E-state index < -0.39 is 0 Å². The zero-order valence-electron chi connectivity index (χ0n) is 22.0. The van der Waals surface area contributed by atoms with Crippen LogP contribution in [0.4, 0.5) is 0 Å². The number of rotatable bonds is 4. The van der Waals surface area contributed by atoms with Crippen molar-refractivity contribution in [3.63, 3.8) is 0 Å². The zero-order chi connectivity index (χ0) is 25.2. The molecule has 0 bridgehead atoms. The van der Waals surface area contributed by atoms with E-state index in [1.54, 1.807) is 11.1 Å². The average molecular weight is 472 g/mol. The first-order valence-electron chi connectivity index (χ1n) is 12.3. The molecule has 0 saturated heterocycles. The van der Waals surface area contributed by atoms with Crippen molar-refractivity contribution in [1.29, 1.82) is 0 Å². The van der Waals surface area contributed by atoms with Gasteiger partial charge in [0.05, 0.1) is 6.26 Å². The van der Waals surface area contributed by atoms with Gasteiger partial charge in [-0.2, -0.15) is 0 Å². The molecule has 0 fully saturated rings. The van der Waals surface area contributed by atoms with Gasteiger partial charge in [0, 0.05) is 38.3 Å². The fraction of sp³-hybridized carbons (Fsp3) is 0.400. The van der Waals surface area contributed by atoms with E-state index in [1.165, 1.54) is 5.56 Å². The fourth-order valence-corrected chi connectivity index (χ4v) is 4.63. The monoisotopic (exact) mass is 471 g/mol. The molecule has 0 radical (unpaired) electrons. The van der Waals surface area contributed by atoms with Gasteiger partial charge in [0.15, 0.2) is 0 Å². The van der Waals surface area contributed by atoms with Crippen molar-refractivity contribution in [3.8, 4) is 5.69 Å². The maximum Gasteiger partial charge on any atom is 0.368 e. The van der Waals surface area contributed by atoms with Crippen molar-refractivity contribution in [2.45, 2.75) is 78.1 Å². The molecule has 5 nitrogen and oxygen atoms in total. The van der Waals surface area contributed by atoms with E-state index in [9.17, 15) is 0 Å². The van der Waals surface area contributed by atoms with Crippen LogP contribution in [0.2, 0.25) is 0 Å². The van der Waals surface area contributed by atoms with Crippen LogP contribution in [0.1, 0.15) is 78.2 Å². The van der Waals surface area contributed by atoms with Crippen LogP contribution in [0.25, 0.3) is 27.6 Å². The molecule has 0 N–H and O–H groups in total. The number of hydrogen-bond donors (Lipinski definition) is 0. The Balaban J connectivity index is 1.54. The summed E-state index contributed by atoms with van der Waals surface area (Å²) in [7, 11) is 0. The molecule has 0 spiro atoms. The molecule has 35 heavy (non-hydrogen) atoms. The molecule has 0 unspecified atom stereocenters. The van der Waals surface area contributed by atoms with Gasteiger partial charge in [0.25, 0.3) is 11.6 Å². The normalized spacial score (nSPS) is 13.3. The summed E-state index contributed by atoms with van der Waals surface area (Å²) in [5.74, 6) is 1.69. The highest BCUT2D eigenvalue weighted by Gasteiger charge is 2.31. The second-order valence-corrected chi connectivity index (χ2v) is 12.3. The van der Waals surface area contributed by atoms with E-state index in [0.29, 0.717) is 5.89 Å². The van der Waals surface area contributed by atoms with E-state index in [1.807, 2.05) is 18.4 Å². The quantitative estimate of drug-likeness (QED) is 0.254. The highest BCUT2D eigenvalue weighted by molar-refractivity contribution is 5.87. The van der Waals surface area contributed by atoms with E-state index in [-0.39, 0.29) is 16.2 Å². The second-order valence-electron chi connectivity index (χ2n) is 12.3. The molecular weight excluding hydrogens is 436 g/mol. The number of fused-ring (bicyclic) bond motifs is 2. The van der Waals surface area contributed by atoms with Crippen LogP contribution in [0.3, 0.4) is 0 Å². The lowest BCUT2D eigenvalue weighted by molar-refractivity contribution is -0.659. The Hall–Kier alpha value is -3.34. The van der Waals surface area contributed by atoms with Crippen molar-refractivity contribution in [1.82, 2.24) is 5.10 Å². The van der Waals surface area contributed by atoms with Crippen LogP contribution in [0, 0.1) is 0 Å². The van der Waals surface area contributed by atoms with Crippen molar-refractivity contribution in [3.05, 3.63) is 77.9 Å². The summed E-state index contributed by atoms with van der Waals surface area (Å²) in [6, 6.07) is 14.8. The summed E-state index contributed by atoms with van der Waals surface area (Å²) in [6.45, 7) is 17.3. The van der Waals surface area contributed by atoms with Crippen molar-refractivity contribution in [2.24, 2.45) is 0 Å². The number of furan rings is 2. The van der Waals surface area contributed by atoms with E-state index in [2.05, 4.69) is 90.8 Å². The van der Waals surface area contributed by atoms with Crippen LogP contribution in [0.5, 0.6) is 0 Å². The molecular formula is C30H35N2O3+. The Bertz CT molecular complexity index is 1520. The molecule has 0 saturated carbocycles. The number of nitrogens with zero attached hydrogens (tertiary/aromatic N) is 2. The average Bonchev–Trinajstić information content (AvgIpc) is 3.49. The summed E-state index contributed by atoms with van der Waals surface area (Å²) in [6.07, 6.45) is 4.36. The minimum atomic E-state index is -0.183. The first kappa shape index (κ1) is 23.4. The van der Waals surface area contributed by atoms with Crippen molar-refractivity contribution in [2.75, 3.05) is 0 Å². The SMILES string of the molecule is CC(C)(C)c1cc2cccc(CC(C)(C)c3coc4c(-[n+]5coc(C(C)(C)C)n5)cccc34)c2o1. The lowest BCUT2D eigenvalue weighted by Gasteiger charge is -2.24. The maximum atomic E-state index is 6.38. The summed E-state index contributed by atoms with van der Waals surface area (Å²) >= 11 is 0. The molecule has 3 heterocycles. The summed E-state index contributed by atoms with van der Waals surface area (Å²) in [5, 5.41) is 6.91. The van der Waals surface area contributed by atoms with Crippen LogP contribution < -0.4 is 4.68 Å². The Kier molecular flexibility index (Phi) is 5.24. The zero-order valence-corrected chi connectivity index (χ0v) is 22.0. The van der Waals surface area contributed by atoms with Gasteiger partial charge in [-0.1, -0.05) is 85.7 Å². The van der Waals surface area contributed by atoms with Crippen LogP contribution in [0.15, 0.2) is 68.4 Å². The predicted octanol–water partition coefficient (Wildman–Crippen LogP) is 7.56. The smallest absolute Gasteiger partial charge is 0.368 e. The number of para-hydroxylation sites is 2. The summed E-state index contributed by atoms with van der Waals surface area (Å²) in [5.41, 5.74) is 4.63. The summed E-state index contributed by atoms with van der Waals surface area (Å²) < 4.78 is 20.1. The lowest BCUT2D eigenvalue weighted by Crippen LogP contribution is -2.33. The Morgan fingerprint density at radius 3 is 2.26 bits per heavy atom. The fourth-order valence-electron chi connectivity index (χ4n) is 4.63. The molecule has 0 aliphatic heterocycles. The third-order valence-electron chi connectivity index (χ3n) is 6.66. The molecule has 0 aliphatic rings. The number of aromatic nitrogens is 2. The van der Waals surface area contributed by atoms with Crippen LogP contribution in [-0.2, 0) is 22.7 Å². The molecule has 5 rings (SSSR count). The lowest BCUT2D eigenvalue weighted by atomic mass is 9.79. The third kappa shape index (κ3) is 4.18. The van der Waals surface area contributed by atoms with Gasteiger partial charge >= 0.3 is 6.39 Å². The first-order valence-corrected chi connectivity index (χ1v) is 12.3. The van der Waals surface area contributed by atoms with Gasteiger partial charge in [-0.25, -0.2) is 0 Å². The van der Waals surface area contributed by atoms with E-state index in [0.717, 1.165) is 45.4 Å². The standard InChI is InChI=1S/C30H35N2O3/c1-28(2,3)24-15-19-11-9-12-20(25(19)35-24)16-30(7,8)22-17-33-26-21(22)13-10-14-23(26)32-18-34-27(31-32)29(4,5)6/h9-15,17-18H,16H2,1-8H3/q+1. The molecule has 0 aliphatic carbocycles. The minimum absolute atomic E-state index is 0.0331. The topological polar surface area (TPSA) is 56.2 Å². The molecule has 182 valence electrons. The van der Waals surface area contributed by atoms with Crippen molar-refractivity contribution >= 4 is 21.9 Å². The maximum absolute atomic E-state index is 6.38. The van der Waals surface area contributed by atoms with Crippen molar-refractivity contribution < 1.29 is 17.9 Å². The molecule has 5 aromatic rings. The van der Waals surface area contributed by atoms with Gasteiger partial charge in [0.1, 0.15) is 11.3 Å². The molecule has 5 heteroatoms. The Morgan fingerprint density at radius 1 is 0.829 bits per heavy atom. The minimum Gasteiger partial charge on any atom is -0.460 e. The second kappa shape index (κ2) is 7.84. The van der Waals surface area contributed by atoms with E-state index >= 15 is 0 Å². The molecule has 0 atom stereocenters. The highest BCUT2D eigenvalue weighted by Crippen LogP contribution is 2.38. The van der Waals surface area contributed by atoms with Crippen LogP contribution in [-0.4, -0.2) is 5.10 Å². The Labute approximate surface area is 206 Å². The largest absolute Gasteiger partial charge is 0.460 e. The van der Waals surface area contributed by atoms with Crippen LogP contribution >= 0.6 is 0 Å². The molecule has 3 aromatic heterocycles. The van der Waals surface area contributed by atoms with Gasteiger partial charge in [-0.15, -0.1) is 0 Å². The predicted molar refractivity (Wildman–Crippen MR) is 138 cm³/mol. The van der Waals surface area contributed by atoms with E-state index in [4.69, 9.17) is 13.3 Å².